The quantitative estimate of drug-likeness (QED) is 0.695. The highest BCUT2D eigenvalue weighted by molar-refractivity contribution is 7.99. The number of nitriles is 1. The van der Waals surface area contributed by atoms with E-state index in [1.165, 1.54) is 36.6 Å². The Morgan fingerprint density at radius 1 is 1.18 bits per heavy atom. The average Bonchev–Trinajstić information content (AvgIpc) is 2.65. The Kier molecular flexibility index (Phi) is 7.11. The Morgan fingerprint density at radius 2 is 1.96 bits per heavy atom. The van der Waals surface area contributed by atoms with Gasteiger partial charge in [-0.1, -0.05) is 25.0 Å². The van der Waals surface area contributed by atoms with Crippen molar-refractivity contribution in [1.82, 2.24) is 4.98 Å². The molecule has 0 saturated heterocycles. The summed E-state index contributed by atoms with van der Waals surface area (Å²) in [6.45, 7) is 4.01. The lowest BCUT2D eigenvalue weighted by molar-refractivity contribution is -0.115. The molecular formula is C23H27N3OS. The summed E-state index contributed by atoms with van der Waals surface area (Å²) in [5.41, 5.74) is 6.06. The first kappa shape index (κ1) is 20.4. The highest BCUT2D eigenvalue weighted by atomic mass is 32.2. The van der Waals surface area contributed by atoms with Gasteiger partial charge < -0.3 is 5.32 Å². The number of hydrogen-bond acceptors (Lipinski definition) is 4. The third-order valence-electron chi connectivity index (χ3n) is 5.12. The molecule has 1 aromatic carbocycles. The summed E-state index contributed by atoms with van der Waals surface area (Å²) >= 11 is 1.51. The fourth-order valence-electron chi connectivity index (χ4n) is 3.48. The first-order valence-electron chi connectivity index (χ1n) is 9.99. The van der Waals surface area contributed by atoms with Gasteiger partial charge in [-0.15, -0.1) is 11.8 Å². The van der Waals surface area contributed by atoms with E-state index < -0.39 is 0 Å². The van der Waals surface area contributed by atoms with Gasteiger partial charge in [0.15, 0.2) is 0 Å². The van der Waals surface area contributed by atoms with Crippen LogP contribution in [0.1, 0.15) is 60.1 Å². The fraction of sp³-hybridized carbons (Fsp3) is 0.435. The predicted octanol–water partition coefficient (Wildman–Crippen LogP) is 5.35. The number of nitrogens with zero attached hydrogens (tertiary/aromatic N) is 2. The number of anilines is 1. The molecule has 1 amide bonds. The number of hydrogen-bond donors (Lipinski definition) is 1. The molecule has 1 N–H and O–H groups in total. The molecule has 1 aromatic heterocycles. The normalized spacial score (nSPS) is 13.8. The number of aromatic nitrogens is 1. The number of pyridine rings is 1. The van der Waals surface area contributed by atoms with Crippen molar-refractivity contribution < 1.29 is 4.79 Å². The third-order valence-corrected chi connectivity index (χ3v) is 6.11. The lowest BCUT2D eigenvalue weighted by Crippen LogP contribution is -2.13. The molecule has 0 atom stereocenters. The maximum absolute atomic E-state index is 12.3. The zero-order valence-corrected chi connectivity index (χ0v) is 17.5. The topological polar surface area (TPSA) is 65.8 Å². The average molecular weight is 394 g/mol. The molecule has 1 aliphatic rings. The molecule has 0 saturated carbocycles. The highest BCUT2D eigenvalue weighted by Gasteiger charge is 2.14. The maximum atomic E-state index is 12.3. The van der Waals surface area contributed by atoms with E-state index >= 15 is 0 Å². The summed E-state index contributed by atoms with van der Waals surface area (Å²) in [7, 11) is 0. The van der Waals surface area contributed by atoms with Crippen molar-refractivity contribution in [3.8, 4) is 6.07 Å². The van der Waals surface area contributed by atoms with Gasteiger partial charge in [0.2, 0.25) is 5.91 Å². The number of carbonyl (C=O) groups excluding carboxylic acids is 1. The summed E-state index contributed by atoms with van der Waals surface area (Å²) in [5.74, 6) is 0.600. The van der Waals surface area contributed by atoms with Crippen LogP contribution in [0.3, 0.4) is 0 Å². The zero-order valence-electron chi connectivity index (χ0n) is 16.7. The van der Waals surface area contributed by atoms with Gasteiger partial charge in [0, 0.05) is 23.6 Å². The van der Waals surface area contributed by atoms with E-state index in [0.29, 0.717) is 17.7 Å². The van der Waals surface area contributed by atoms with Crippen LogP contribution in [0.4, 0.5) is 5.69 Å². The van der Waals surface area contributed by atoms with Crippen LogP contribution in [0.5, 0.6) is 0 Å². The van der Waals surface area contributed by atoms with Crippen LogP contribution in [-0.2, 0) is 17.6 Å². The van der Waals surface area contributed by atoms with Gasteiger partial charge >= 0.3 is 0 Å². The lowest BCUT2D eigenvalue weighted by atomic mass is 9.96. The number of rotatable bonds is 5. The Bertz CT molecular complexity index is 901. The molecule has 4 nitrogen and oxygen atoms in total. The molecule has 5 heteroatoms. The molecule has 0 radical (unpaired) electrons. The van der Waals surface area contributed by atoms with Crippen LogP contribution < -0.4 is 5.32 Å². The molecule has 1 aliphatic carbocycles. The van der Waals surface area contributed by atoms with E-state index in [9.17, 15) is 10.1 Å². The Labute approximate surface area is 171 Å². The third kappa shape index (κ3) is 5.36. The minimum atomic E-state index is -0.00837. The molecule has 0 fully saturated rings. The van der Waals surface area contributed by atoms with E-state index in [4.69, 9.17) is 4.98 Å². The molecule has 0 aliphatic heterocycles. The standard InChI is InChI=1S/C23H27N3OS/c1-16-9-10-17(2)21(13-16)25-22(27)11-12-28-23-19(15-24)14-18-7-5-3-4-6-8-20(18)26-23/h9-10,13-14H,3-8,11-12H2,1-2H3,(H,25,27). The van der Waals surface area contributed by atoms with Crippen molar-refractivity contribution in [2.45, 2.75) is 63.8 Å². The van der Waals surface area contributed by atoms with E-state index in [-0.39, 0.29) is 5.91 Å². The van der Waals surface area contributed by atoms with Gasteiger partial charge in [0.25, 0.3) is 0 Å². The van der Waals surface area contributed by atoms with Crippen molar-refractivity contribution >= 4 is 23.4 Å². The predicted molar refractivity (Wildman–Crippen MR) is 115 cm³/mol. The first-order chi connectivity index (χ1) is 13.6. The summed E-state index contributed by atoms with van der Waals surface area (Å²) in [6.07, 6.45) is 7.23. The van der Waals surface area contributed by atoms with Crippen molar-refractivity contribution in [1.29, 1.82) is 5.26 Å². The number of nitrogens with one attached hydrogen (secondary N) is 1. The van der Waals surface area contributed by atoms with Crippen LogP contribution in [0, 0.1) is 25.2 Å². The van der Waals surface area contributed by atoms with E-state index in [0.717, 1.165) is 46.8 Å². The van der Waals surface area contributed by atoms with Crippen LogP contribution in [0.25, 0.3) is 0 Å². The van der Waals surface area contributed by atoms with Gasteiger partial charge in [-0.25, -0.2) is 4.98 Å². The molecule has 28 heavy (non-hydrogen) atoms. The van der Waals surface area contributed by atoms with Gasteiger partial charge in [-0.2, -0.15) is 5.26 Å². The van der Waals surface area contributed by atoms with Gasteiger partial charge in [-0.3, -0.25) is 4.79 Å². The second-order valence-electron chi connectivity index (χ2n) is 7.44. The Morgan fingerprint density at radius 3 is 2.75 bits per heavy atom. The highest BCUT2D eigenvalue weighted by Crippen LogP contribution is 2.27. The zero-order chi connectivity index (χ0) is 19.9. The SMILES string of the molecule is Cc1ccc(C)c(NC(=O)CCSc2nc3c(cc2C#N)CCCCCC3)c1. The van der Waals surface area contributed by atoms with Crippen LogP contribution >= 0.6 is 11.8 Å². The van der Waals surface area contributed by atoms with Gasteiger partial charge in [0.05, 0.1) is 5.56 Å². The molecule has 1 heterocycles. The monoisotopic (exact) mass is 393 g/mol. The minimum Gasteiger partial charge on any atom is -0.326 e. The number of fused-ring (bicyclic) bond motifs is 1. The molecule has 0 unspecified atom stereocenters. The van der Waals surface area contributed by atoms with Gasteiger partial charge in [-0.05, 0) is 68.4 Å². The minimum absolute atomic E-state index is 0.00837. The molecule has 3 rings (SSSR count). The summed E-state index contributed by atoms with van der Waals surface area (Å²) in [4.78, 5) is 17.1. The van der Waals surface area contributed by atoms with Crippen molar-refractivity contribution in [3.05, 3.63) is 52.2 Å². The van der Waals surface area contributed by atoms with E-state index in [2.05, 4.69) is 11.4 Å². The second-order valence-corrected chi connectivity index (χ2v) is 8.52. The van der Waals surface area contributed by atoms with E-state index in [1.807, 2.05) is 38.1 Å². The summed E-state index contributed by atoms with van der Waals surface area (Å²) in [6, 6.07) is 10.4. The summed E-state index contributed by atoms with van der Waals surface area (Å²) in [5, 5.41) is 13.3. The maximum Gasteiger partial charge on any atom is 0.225 e. The van der Waals surface area contributed by atoms with E-state index in [1.54, 1.807) is 0 Å². The number of thioether (sulfide) groups is 1. The van der Waals surface area contributed by atoms with Crippen LogP contribution in [-0.4, -0.2) is 16.6 Å². The summed E-state index contributed by atoms with van der Waals surface area (Å²) < 4.78 is 0. The molecular weight excluding hydrogens is 366 g/mol. The Balaban J connectivity index is 1.62. The van der Waals surface area contributed by atoms with Crippen molar-refractivity contribution in [2.75, 3.05) is 11.1 Å². The van der Waals surface area contributed by atoms with Gasteiger partial charge in [0.1, 0.15) is 11.1 Å². The lowest BCUT2D eigenvalue weighted by Gasteiger charge is -2.15. The number of benzene rings is 1. The number of carbonyl (C=O) groups is 1. The molecule has 2 aromatic rings. The molecule has 146 valence electrons. The van der Waals surface area contributed by atoms with Crippen molar-refractivity contribution in [3.63, 3.8) is 0 Å². The van der Waals surface area contributed by atoms with Crippen LogP contribution in [0.2, 0.25) is 0 Å². The number of aryl methyl sites for hydroxylation is 4. The van der Waals surface area contributed by atoms with Crippen LogP contribution in [0.15, 0.2) is 29.3 Å². The molecule has 0 spiro atoms. The smallest absolute Gasteiger partial charge is 0.225 e. The Hall–Kier alpha value is -2.32. The number of amides is 1. The van der Waals surface area contributed by atoms with Crippen molar-refractivity contribution in [2.24, 2.45) is 0 Å². The largest absolute Gasteiger partial charge is 0.326 e. The molecule has 0 bridgehead atoms. The fourth-order valence-corrected chi connectivity index (χ4v) is 4.40. The first-order valence-corrected chi connectivity index (χ1v) is 11.0. The second kappa shape index (κ2) is 9.75.